The first-order chi connectivity index (χ1) is 9.95. The second-order valence-corrected chi connectivity index (χ2v) is 5.14. The molecule has 0 saturated carbocycles. The molecule has 1 aromatic carbocycles. The summed E-state index contributed by atoms with van der Waals surface area (Å²) < 4.78 is 5.32. The van der Waals surface area contributed by atoms with E-state index in [4.69, 9.17) is 10.6 Å². The first-order valence-electron chi connectivity index (χ1n) is 6.65. The normalized spacial score (nSPS) is 10.7. The van der Waals surface area contributed by atoms with Crippen LogP contribution in [0.4, 0.5) is 0 Å². The highest BCUT2D eigenvalue weighted by molar-refractivity contribution is 5.91. The van der Waals surface area contributed by atoms with Crippen molar-refractivity contribution >= 4 is 5.97 Å². The van der Waals surface area contributed by atoms with Crippen LogP contribution in [0.2, 0.25) is 0 Å². The molecule has 5 heteroatoms. The van der Waals surface area contributed by atoms with Crippen LogP contribution in [0.3, 0.4) is 0 Å². The van der Waals surface area contributed by atoms with Crippen molar-refractivity contribution in [3.05, 3.63) is 58.9 Å². The molecule has 0 amide bonds. The van der Waals surface area contributed by atoms with E-state index >= 15 is 0 Å². The molecule has 21 heavy (non-hydrogen) atoms. The Kier molecular flexibility index (Phi) is 4.67. The van der Waals surface area contributed by atoms with Gasteiger partial charge < -0.3 is 4.74 Å². The monoisotopic (exact) mass is 285 g/mol. The Morgan fingerprint density at radius 1 is 1.29 bits per heavy atom. The average molecular weight is 285 g/mol. The van der Waals surface area contributed by atoms with E-state index in [9.17, 15) is 4.79 Å². The van der Waals surface area contributed by atoms with Crippen molar-refractivity contribution < 1.29 is 9.53 Å². The number of rotatable bonds is 4. The van der Waals surface area contributed by atoms with Crippen LogP contribution in [0, 0.1) is 13.8 Å². The number of nitrogens with zero attached hydrogens (tertiary/aromatic N) is 2. The predicted octanol–water partition coefficient (Wildman–Crippen LogP) is 2.22. The van der Waals surface area contributed by atoms with E-state index in [-0.39, 0.29) is 0 Å². The number of hydrazine groups is 1. The summed E-state index contributed by atoms with van der Waals surface area (Å²) in [6.45, 7) is 4.47. The van der Waals surface area contributed by atoms with E-state index in [1.54, 1.807) is 30.4 Å². The van der Waals surface area contributed by atoms with Gasteiger partial charge in [0.1, 0.15) is 5.75 Å². The molecule has 0 unspecified atom stereocenters. The minimum Gasteiger partial charge on any atom is -0.421 e. The maximum Gasteiger partial charge on any atom is 0.343 e. The summed E-state index contributed by atoms with van der Waals surface area (Å²) >= 11 is 0. The maximum absolute atomic E-state index is 12.1. The van der Waals surface area contributed by atoms with Gasteiger partial charge >= 0.3 is 5.97 Å². The van der Waals surface area contributed by atoms with Crippen LogP contribution in [0.15, 0.2) is 36.7 Å². The molecular formula is C16H19N3O2. The van der Waals surface area contributed by atoms with Gasteiger partial charge in [-0.25, -0.2) is 9.80 Å². The Labute approximate surface area is 124 Å². The quantitative estimate of drug-likeness (QED) is 0.530. The van der Waals surface area contributed by atoms with Gasteiger partial charge in [0, 0.05) is 19.8 Å². The van der Waals surface area contributed by atoms with Crippen molar-refractivity contribution in [3.63, 3.8) is 0 Å². The van der Waals surface area contributed by atoms with E-state index in [0.717, 1.165) is 16.7 Å². The van der Waals surface area contributed by atoms with E-state index in [0.29, 0.717) is 17.9 Å². The molecule has 1 heterocycles. The highest BCUT2D eigenvalue weighted by atomic mass is 16.5. The molecule has 5 nitrogen and oxygen atoms in total. The van der Waals surface area contributed by atoms with Crippen molar-refractivity contribution in [1.82, 2.24) is 9.99 Å². The number of nitrogens with two attached hydrogens (primary N) is 1. The third-order valence-electron chi connectivity index (χ3n) is 3.06. The number of aromatic nitrogens is 1. The number of aryl methyl sites for hydroxylation is 2. The lowest BCUT2D eigenvalue weighted by molar-refractivity contribution is 0.0734. The van der Waals surface area contributed by atoms with Crippen LogP contribution in [-0.2, 0) is 6.54 Å². The highest BCUT2D eigenvalue weighted by Gasteiger charge is 2.11. The molecule has 1 aromatic heterocycles. The molecule has 2 aromatic rings. The topological polar surface area (TPSA) is 68.5 Å². The molecule has 2 N–H and O–H groups in total. The van der Waals surface area contributed by atoms with Crippen LogP contribution < -0.4 is 10.6 Å². The van der Waals surface area contributed by atoms with Crippen molar-refractivity contribution in [2.24, 2.45) is 5.84 Å². The largest absolute Gasteiger partial charge is 0.421 e. The molecular weight excluding hydrogens is 266 g/mol. The standard InChI is InChI=1S/C16H19N3O2/c1-11-6-15(9-18-8-11)21-16(20)13-4-5-14(10-19(3)17)12(2)7-13/h4-9H,10,17H2,1-3H3. The summed E-state index contributed by atoms with van der Waals surface area (Å²) in [7, 11) is 1.80. The van der Waals surface area contributed by atoms with Gasteiger partial charge in [0.25, 0.3) is 0 Å². The lowest BCUT2D eigenvalue weighted by atomic mass is 10.1. The van der Waals surface area contributed by atoms with Crippen molar-refractivity contribution in [3.8, 4) is 5.75 Å². The third kappa shape index (κ3) is 4.11. The molecule has 0 fully saturated rings. The van der Waals surface area contributed by atoms with Gasteiger partial charge in [-0.05, 0) is 48.7 Å². The van der Waals surface area contributed by atoms with Crippen LogP contribution in [0.25, 0.3) is 0 Å². The average Bonchev–Trinajstić information content (AvgIpc) is 2.40. The number of carbonyl (C=O) groups excluding carboxylic acids is 1. The van der Waals surface area contributed by atoms with Crippen molar-refractivity contribution in [2.45, 2.75) is 20.4 Å². The van der Waals surface area contributed by atoms with Crippen molar-refractivity contribution in [2.75, 3.05) is 7.05 Å². The predicted molar refractivity (Wildman–Crippen MR) is 80.8 cm³/mol. The fourth-order valence-electron chi connectivity index (χ4n) is 2.02. The Bertz CT molecular complexity index is 654. The lowest BCUT2D eigenvalue weighted by Gasteiger charge is -2.13. The number of hydrogen-bond donors (Lipinski definition) is 1. The summed E-state index contributed by atoms with van der Waals surface area (Å²) in [5, 5.41) is 1.60. The number of pyridine rings is 1. The number of ether oxygens (including phenoxy) is 1. The van der Waals surface area contributed by atoms with Gasteiger partial charge in [0.2, 0.25) is 0 Å². The Morgan fingerprint density at radius 3 is 2.67 bits per heavy atom. The van der Waals surface area contributed by atoms with E-state index in [2.05, 4.69) is 4.98 Å². The van der Waals surface area contributed by atoms with Crippen LogP contribution in [0.5, 0.6) is 5.75 Å². The zero-order valence-corrected chi connectivity index (χ0v) is 12.5. The molecule has 110 valence electrons. The summed E-state index contributed by atoms with van der Waals surface area (Å²) in [6, 6.07) is 7.22. The second-order valence-electron chi connectivity index (χ2n) is 5.14. The minimum absolute atomic E-state index is 0.391. The van der Waals surface area contributed by atoms with E-state index in [1.807, 2.05) is 26.0 Å². The van der Waals surface area contributed by atoms with E-state index < -0.39 is 5.97 Å². The fourth-order valence-corrected chi connectivity index (χ4v) is 2.02. The fraction of sp³-hybridized carbons (Fsp3) is 0.250. The number of carbonyl (C=O) groups is 1. The van der Waals surface area contributed by atoms with Gasteiger partial charge in [0.05, 0.1) is 11.8 Å². The van der Waals surface area contributed by atoms with Crippen LogP contribution in [0.1, 0.15) is 27.0 Å². The molecule has 0 spiro atoms. The van der Waals surface area contributed by atoms with Gasteiger partial charge in [0.15, 0.2) is 0 Å². The minimum atomic E-state index is -0.391. The summed E-state index contributed by atoms with van der Waals surface area (Å²) in [5.74, 6) is 5.70. The van der Waals surface area contributed by atoms with Gasteiger partial charge in [-0.15, -0.1) is 0 Å². The number of esters is 1. The van der Waals surface area contributed by atoms with E-state index in [1.165, 1.54) is 6.20 Å². The molecule has 0 aliphatic carbocycles. The molecule has 2 rings (SSSR count). The van der Waals surface area contributed by atoms with Crippen molar-refractivity contribution in [1.29, 1.82) is 0 Å². The van der Waals surface area contributed by atoms with Gasteiger partial charge in [-0.1, -0.05) is 6.07 Å². The Hall–Kier alpha value is -2.24. The Balaban J connectivity index is 2.14. The maximum atomic E-state index is 12.1. The molecule has 0 aliphatic rings. The number of benzene rings is 1. The first kappa shape index (κ1) is 15.2. The lowest BCUT2D eigenvalue weighted by Crippen LogP contribution is -2.25. The van der Waals surface area contributed by atoms with Crippen LogP contribution >= 0.6 is 0 Å². The zero-order valence-electron chi connectivity index (χ0n) is 12.5. The smallest absolute Gasteiger partial charge is 0.343 e. The zero-order chi connectivity index (χ0) is 15.4. The molecule has 0 saturated heterocycles. The summed E-state index contributed by atoms with van der Waals surface area (Å²) in [4.78, 5) is 16.1. The third-order valence-corrected chi connectivity index (χ3v) is 3.06. The first-order valence-corrected chi connectivity index (χ1v) is 6.65. The molecule has 0 bridgehead atoms. The summed E-state index contributed by atoms with van der Waals surface area (Å²) in [5.41, 5.74) is 3.54. The Morgan fingerprint density at radius 2 is 2.05 bits per heavy atom. The van der Waals surface area contributed by atoms with Gasteiger partial charge in [-0.3, -0.25) is 10.8 Å². The van der Waals surface area contributed by atoms with Gasteiger partial charge in [-0.2, -0.15) is 0 Å². The number of hydrogen-bond acceptors (Lipinski definition) is 5. The van der Waals surface area contributed by atoms with Crippen LogP contribution in [-0.4, -0.2) is 23.0 Å². The SMILES string of the molecule is Cc1cncc(OC(=O)c2ccc(CN(C)N)c(C)c2)c1. The molecule has 0 atom stereocenters. The summed E-state index contributed by atoms with van der Waals surface area (Å²) in [6.07, 6.45) is 3.23. The molecule has 0 aliphatic heterocycles. The molecule has 0 radical (unpaired) electrons. The second kappa shape index (κ2) is 6.47. The highest BCUT2D eigenvalue weighted by Crippen LogP contribution is 2.16.